The molecule has 1 amide bonds. The lowest BCUT2D eigenvalue weighted by atomic mass is 10.2. The van der Waals surface area contributed by atoms with E-state index in [4.69, 9.17) is 10.2 Å². The van der Waals surface area contributed by atoms with Crippen molar-refractivity contribution in [3.8, 4) is 0 Å². The van der Waals surface area contributed by atoms with Crippen LogP contribution in [0.5, 0.6) is 0 Å². The van der Waals surface area contributed by atoms with Gasteiger partial charge in [-0.1, -0.05) is 0 Å². The maximum absolute atomic E-state index is 11.2. The maximum atomic E-state index is 11.2. The van der Waals surface area contributed by atoms with Crippen LogP contribution in [0.1, 0.15) is 19.3 Å². The molecule has 1 fully saturated rings. The number of likely N-dealkylation sites (tertiary alicyclic amines) is 1. The molecule has 1 aliphatic rings. The molecule has 0 aromatic carbocycles. The van der Waals surface area contributed by atoms with Crippen molar-refractivity contribution in [2.45, 2.75) is 25.3 Å². The van der Waals surface area contributed by atoms with Crippen LogP contribution in [0.25, 0.3) is 0 Å². The van der Waals surface area contributed by atoms with E-state index < -0.39 is 12.0 Å². The van der Waals surface area contributed by atoms with E-state index in [9.17, 15) is 9.59 Å². The van der Waals surface area contributed by atoms with E-state index in [1.807, 2.05) is 0 Å². The number of carbonyl (C=O) groups is 2. The van der Waals surface area contributed by atoms with Gasteiger partial charge in [-0.15, -0.1) is 0 Å². The third kappa shape index (κ3) is 2.18. The van der Waals surface area contributed by atoms with E-state index in [1.165, 1.54) is 4.90 Å². The Morgan fingerprint density at radius 2 is 2.31 bits per heavy atom. The lowest BCUT2D eigenvalue weighted by Gasteiger charge is -2.23. The summed E-state index contributed by atoms with van der Waals surface area (Å²) in [5, 5.41) is 17.4. The highest BCUT2D eigenvalue weighted by Gasteiger charge is 2.31. The Kier molecular flexibility index (Phi) is 3.25. The molecular weight excluding hydrogens is 174 g/mol. The zero-order valence-corrected chi connectivity index (χ0v) is 7.27. The molecule has 1 rings (SSSR count). The second-order valence-corrected chi connectivity index (χ2v) is 3.06. The third-order valence-electron chi connectivity index (χ3n) is 2.17. The molecular formula is C8H13NO4. The van der Waals surface area contributed by atoms with Gasteiger partial charge >= 0.3 is 5.97 Å². The summed E-state index contributed by atoms with van der Waals surface area (Å²) in [6, 6.07) is -0.847. The predicted octanol–water partition coefficient (Wildman–Crippen LogP) is -0.556. The van der Waals surface area contributed by atoms with Gasteiger partial charge in [0.05, 0.1) is 0 Å². The van der Waals surface area contributed by atoms with Crippen molar-refractivity contribution in [3.63, 3.8) is 0 Å². The van der Waals surface area contributed by atoms with E-state index in [-0.39, 0.29) is 18.9 Å². The normalized spacial score (nSPS) is 19.2. The molecule has 0 spiro atoms. The number of carboxylic acids is 1. The minimum Gasteiger partial charge on any atom is -0.480 e. The van der Waals surface area contributed by atoms with E-state index in [1.54, 1.807) is 0 Å². The first-order chi connectivity index (χ1) is 6.16. The van der Waals surface area contributed by atoms with Crippen LogP contribution >= 0.6 is 0 Å². The van der Waals surface area contributed by atoms with Gasteiger partial charge in [-0.3, -0.25) is 4.79 Å². The molecule has 0 saturated carbocycles. The summed E-state index contributed by atoms with van der Waals surface area (Å²) >= 11 is 0. The van der Waals surface area contributed by atoms with Crippen molar-refractivity contribution < 1.29 is 19.8 Å². The van der Waals surface area contributed by atoms with Crippen molar-refractivity contribution in [3.05, 3.63) is 0 Å². The van der Waals surface area contributed by atoms with Gasteiger partial charge in [-0.25, -0.2) is 4.79 Å². The molecule has 5 nitrogen and oxygen atoms in total. The average Bonchev–Trinajstić information content (AvgIpc) is 2.47. The minimum atomic E-state index is -1.04. The molecule has 1 saturated heterocycles. The standard InChI is InChI=1S/C8H13NO4/c10-5-3-6(8(12)13)9-4-1-2-7(9)11/h6,10H,1-5H2,(H,12,13). The van der Waals surface area contributed by atoms with Crippen LogP contribution in [0.4, 0.5) is 0 Å². The second-order valence-electron chi connectivity index (χ2n) is 3.06. The third-order valence-corrected chi connectivity index (χ3v) is 2.17. The van der Waals surface area contributed by atoms with Crippen LogP contribution < -0.4 is 0 Å². The molecule has 0 aromatic rings. The molecule has 1 atom stereocenters. The van der Waals surface area contributed by atoms with Crippen molar-refractivity contribution in [2.75, 3.05) is 13.2 Å². The minimum absolute atomic E-state index is 0.112. The van der Waals surface area contributed by atoms with E-state index in [0.29, 0.717) is 19.4 Å². The van der Waals surface area contributed by atoms with Crippen molar-refractivity contribution in [2.24, 2.45) is 0 Å². The number of amides is 1. The number of hydrogen-bond donors (Lipinski definition) is 2. The Hall–Kier alpha value is -1.10. The van der Waals surface area contributed by atoms with Crippen LogP contribution in [-0.2, 0) is 9.59 Å². The molecule has 74 valence electrons. The zero-order chi connectivity index (χ0) is 9.84. The highest BCUT2D eigenvalue weighted by Crippen LogP contribution is 2.15. The Labute approximate surface area is 76.0 Å². The van der Waals surface area contributed by atoms with Gasteiger partial charge in [0.25, 0.3) is 0 Å². The van der Waals surface area contributed by atoms with Gasteiger partial charge < -0.3 is 15.1 Å². The SMILES string of the molecule is O=C(O)C(CCO)N1CCCC1=O. The van der Waals surface area contributed by atoms with E-state index in [0.717, 1.165) is 0 Å². The number of hydrogen-bond acceptors (Lipinski definition) is 3. The molecule has 13 heavy (non-hydrogen) atoms. The Morgan fingerprint density at radius 1 is 1.62 bits per heavy atom. The van der Waals surface area contributed by atoms with Crippen LogP contribution in [0.3, 0.4) is 0 Å². The van der Waals surface area contributed by atoms with Crippen molar-refractivity contribution in [1.82, 2.24) is 4.90 Å². The van der Waals surface area contributed by atoms with Gasteiger partial charge in [0.2, 0.25) is 5.91 Å². The Morgan fingerprint density at radius 3 is 2.69 bits per heavy atom. The Bertz CT molecular complexity index is 216. The summed E-state index contributed by atoms with van der Waals surface area (Å²) in [6.07, 6.45) is 1.25. The van der Waals surface area contributed by atoms with E-state index >= 15 is 0 Å². The number of aliphatic hydroxyl groups excluding tert-OH is 1. The molecule has 1 unspecified atom stereocenters. The highest BCUT2D eigenvalue weighted by molar-refractivity contribution is 5.84. The summed E-state index contributed by atoms with van der Waals surface area (Å²) in [5.41, 5.74) is 0. The van der Waals surface area contributed by atoms with Crippen molar-refractivity contribution in [1.29, 1.82) is 0 Å². The van der Waals surface area contributed by atoms with Gasteiger partial charge in [0, 0.05) is 26.0 Å². The molecule has 5 heteroatoms. The fourth-order valence-corrected chi connectivity index (χ4v) is 1.53. The molecule has 0 radical (unpaired) electrons. The largest absolute Gasteiger partial charge is 0.480 e. The molecule has 0 aromatic heterocycles. The number of nitrogens with zero attached hydrogens (tertiary/aromatic N) is 1. The summed E-state index contributed by atoms with van der Waals surface area (Å²) in [4.78, 5) is 23.2. The summed E-state index contributed by atoms with van der Waals surface area (Å²) in [5.74, 6) is -1.16. The lowest BCUT2D eigenvalue weighted by molar-refractivity contribution is -0.148. The second kappa shape index (κ2) is 4.23. The first kappa shape index (κ1) is 9.98. The van der Waals surface area contributed by atoms with Gasteiger partial charge in [-0.2, -0.15) is 0 Å². The number of carboxylic acid groups (broad SMARTS) is 1. The average molecular weight is 187 g/mol. The van der Waals surface area contributed by atoms with Crippen LogP contribution in [0.15, 0.2) is 0 Å². The molecule has 0 aliphatic carbocycles. The monoisotopic (exact) mass is 187 g/mol. The number of carbonyl (C=O) groups excluding carboxylic acids is 1. The molecule has 2 N–H and O–H groups in total. The molecule has 1 aliphatic heterocycles. The maximum Gasteiger partial charge on any atom is 0.326 e. The summed E-state index contributed by atoms with van der Waals surface area (Å²) < 4.78 is 0. The van der Waals surface area contributed by atoms with Gasteiger partial charge in [0.1, 0.15) is 6.04 Å². The summed E-state index contributed by atoms with van der Waals surface area (Å²) in [6.45, 7) is 0.288. The topological polar surface area (TPSA) is 77.8 Å². The first-order valence-electron chi connectivity index (χ1n) is 4.30. The lowest BCUT2D eigenvalue weighted by Crippen LogP contribution is -2.42. The van der Waals surface area contributed by atoms with Crippen molar-refractivity contribution >= 4 is 11.9 Å². The number of aliphatic hydroxyl groups is 1. The van der Waals surface area contributed by atoms with Crippen LogP contribution in [0, 0.1) is 0 Å². The fourth-order valence-electron chi connectivity index (χ4n) is 1.53. The molecule has 1 heterocycles. The first-order valence-corrected chi connectivity index (χ1v) is 4.30. The zero-order valence-electron chi connectivity index (χ0n) is 7.27. The quantitative estimate of drug-likeness (QED) is 0.618. The molecule has 0 bridgehead atoms. The smallest absolute Gasteiger partial charge is 0.326 e. The van der Waals surface area contributed by atoms with Gasteiger partial charge in [-0.05, 0) is 6.42 Å². The van der Waals surface area contributed by atoms with Gasteiger partial charge in [0.15, 0.2) is 0 Å². The number of rotatable bonds is 4. The van der Waals surface area contributed by atoms with E-state index in [2.05, 4.69) is 0 Å². The summed E-state index contributed by atoms with van der Waals surface area (Å²) in [7, 11) is 0. The fraction of sp³-hybridized carbons (Fsp3) is 0.750. The number of aliphatic carboxylic acids is 1. The predicted molar refractivity (Wildman–Crippen MR) is 44.1 cm³/mol. The highest BCUT2D eigenvalue weighted by atomic mass is 16.4. The van der Waals surface area contributed by atoms with Crippen LogP contribution in [-0.4, -0.2) is 46.2 Å². The Balaban J connectivity index is 2.63. The van der Waals surface area contributed by atoms with Crippen LogP contribution in [0.2, 0.25) is 0 Å².